The molecule has 6 nitrogen and oxygen atoms in total. The summed E-state index contributed by atoms with van der Waals surface area (Å²) in [6.45, 7) is 4.94. The van der Waals surface area contributed by atoms with E-state index in [4.69, 9.17) is 4.74 Å². The maximum absolute atomic E-state index is 13.5. The zero-order chi connectivity index (χ0) is 23.1. The van der Waals surface area contributed by atoms with Crippen LogP contribution in [0.3, 0.4) is 0 Å². The molecule has 0 bridgehead atoms. The van der Waals surface area contributed by atoms with Gasteiger partial charge in [0.1, 0.15) is 5.75 Å². The summed E-state index contributed by atoms with van der Waals surface area (Å²) in [6, 6.07) is 13.3. The molecule has 4 aromatic rings. The Morgan fingerprint density at radius 3 is 2.36 bits per heavy atom. The van der Waals surface area contributed by atoms with Crippen molar-refractivity contribution in [2.75, 3.05) is 7.11 Å². The number of pyridine rings is 3. The molecule has 0 spiro atoms. The molecule has 1 aromatic carbocycles. The molecule has 3 heterocycles. The molecule has 5 rings (SSSR count). The molecule has 6 heteroatoms. The maximum atomic E-state index is 13.5. The Morgan fingerprint density at radius 1 is 0.939 bits per heavy atom. The van der Waals surface area contributed by atoms with E-state index in [9.17, 15) is 9.59 Å². The van der Waals surface area contributed by atoms with E-state index in [1.807, 2.05) is 47.2 Å². The molecule has 1 fully saturated rings. The van der Waals surface area contributed by atoms with Gasteiger partial charge in [-0.15, -0.1) is 0 Å². The summed E-state index contributed by atoms with van der Waals surface area (Å²) in [7, 11) is 1.63. The third-order valence-electron chi connectivity index (χ3n) is 7.38. The summed E-state index contributed by atoms with van der Waals surface area (Å²) >= 11 is 0. The van der Waals surface area contributed by atoms with E-state index in [0.29, 0.717) is 40.2 Å². The first kappa shape index (κ1) is 21.4. The van der Waals surface area contributed by atoms with E-state index in [-0.39, 0.29) is 17.2 Å². The summed E-state index contributed by atoms with van der Waals surface area (Å²) in [6.07, 6.45) is 6.99. The number of ether oxygens (including phenoxy) is 1. The highest BCUT2D eigenvalue weighted by molar-refractivity contribution is 5.91. The van der Waals surface area contributed by atoms with Crippen LogP contribution in [0.1, 0.15) is 44.7 Å². The molecule has 0 saturated heterocycles. The van der Waals surface area contributed by atoms with Crippen LogP contribution in [0.5, 0.6) is 5.75 Å². The van der Waals surface area contributed by atoms with Gasteiger partial charge < -0.3 is 13.9 Å². The van der Waals surface area contributed by atoms with Crippen LogP contribution in [0, 0.1) is 11.8 Å². The number of hydrogen-bond donors (Lipinski definition) is 0. The van der Waals surface area contributed by atoms with Crippen molar-refractivity contribution in [2.45, 2.75) is 45.7 Å². The quantitative estimate of drug-likeness (QED) is 0.426. The number of methoxy groups -OCH3 is 1. The standard InChI is InChI=1S/C27H29N3O3/c1-17-5-4-6-25(18(17)2)30-14-12-24-22(27(30)32)15-21-23(28-24)11-13-29(26(21)31)16-19-7-9-20(33-3)10-8-19/h7-15,17-18,25H,4-6,16H2,1-3H3/t17-,18-,25-/m1/s1. The van der Waals surface area contributed by atoms with Crippen LogP contribution in [0.15, 0.2) is 64.4 Å². The van der Waals surface area contributed by atoms with Gasteiger partial charge in [-0.05, 0) is 54.2 Å². The van der Waals surface area contributed by atoms with Crippen molar-refractivity contribution in [3.8, 4) is 5.75 Å². The fourth-order valence-electron chi connectivity index (χ4n) is 5.14. The third kappa shape index (κ3) is 3.84. The van der Waals surface area contributed by atoms with Crippen molar-refractivity contribution in [2.24, 2.45) is 11.8 Å². The average molecular weight is 444 g/mol. The van der Waals surface area contributed by atoms with Gasteiger partial charge in [-0.1, -0.05) is 38.8 Å². The second-order valence-electron chi connectivity index (χ2n) is 9.31. The first-order valence-corrected chi connectivity index (χ1v) is 11.6. The highest BCUT2D eigenvalue weighted by Crippen LogP contribution is 2.37. The number of hydrogen-bond acceptors (Lipinski definition) is 4. The Morgan fingerprint density at radius 2 is 1.64 bits per heavy atom. The molecule has 3 atom stereocenters. The van der Waals surface area contributed by atoms with Gasteiger partial charge in [-0.2, -0.15) is 0 Å². The monoisotopic (exact) mass is 443 g/mol. The van der Waals surface area contributed by atoms with Gasteiger partial charge in [-0.3, -0.25) is 9.59 Å². The van der Waals surface area contributed by atoms with E-state index in [1.165, 1.54) is 6.42 Å². The van der Waals surface area contributed by atoms with Crippen LogP contribution >= 0.6 is 0 Å². The van der Waals surface area contributed by atoms with Gasteiger partial charge in [0.2, 0.25) is 0 Å². The van der Waals surface area contributed by atoms with Gasteiger partial charge in [-0.25, -0.2) is 4.98 Å². The molecule has 33 heavy (non-hydrogen) atoms. The van der Waals surface area contributed by atoms with Crippen LogP contribution in [-0.2, 0) is 6.54 Å². The molecule has 3 aromatic heterocycles. The van der Waals surface area contributed by atoms with Gasteiger partial charge in [0, 0.05) is 18.4 Å². The van der Waals surface area contributed by atoms with Crippen molar-refractivity contribution in [3.63, 3.8) is 0 Å². The molecule has 170 valence electrons. The lowest BCUT2D eigenvalue weighted by Gasteiger charge is -2.35. The molecule has 1 saturated carbocycles. The van der Waals surface area contributed by atoms with Crippen LogP contribution in [-0.4, -0.2) is 21.2 Å². The second kappa shape index (κ2) is 8.50. The maximum Gasteiger partial charge on any atom is 0.260 e. The van der Waals surface area contributed by atoms with Crippen LogP contribution in [0.4, 0.5) is 0 Å². The molecular weight excluding hydrogens is 414 g/mol. The van der Waals surface area contributed by atoms with Gasteiger partial charge in [0.25, 0.3) is 11.1 Å². The number of aromatic nitrogens is 3. The van der Waals surface area contributed by atoms with Crippen molar-refractivity contribution in [1.82, 2.24) is 14.1 Å². The Labute approximate surface area is 192 Å². The Hall–Kier alpha value is -3.41. The number of fused-ring (bicyclic) bond motifs is 2. The Bertz CT molecular complexity index is 1440. The summed E-state index contributed by atoms with van der Waals surface area (Å²) in [5.74, 6) is 1.80. The molecule has 1 aliphatic carbocycles. The highest BCUT2D eigenvalue weighted by Gasteiger charge is 2.29. The van der Waals surface area contributed by atoms with Crippen molar-refractivity contribution in [1.29, 1.82) is 0 Å². The third-order valence-corrected chi connectivity index (χ3v) is 7.38. The topological polar surface area (TPSA) is 66.1 Å². The fraction of sp³-hybridized carbons (Fsp3) is 0.370. The van der Waals surface area contributed by atoms with Crippen molar-refractivity contribution in [3.05, 3.63) is 81.1 Å². The first-order valence-electron chi connectivity index (χ1n) is 11.6. The van der Waals surface area contributed by atoms with Crippen molar-refractivity contribution >= 4 is 21.8 Å². The first-order chi connectivity index (χ1) is 16.0. The molecular formula is C27H29N3O3. The zero-order valence-corrected chi connectivity index (χ0v) is 19.3. The Kier molecular flexibility index (Phi) is 5.52. The molecule has 1 aliphatic rings. The lowest BCUT2D eigenvalue weighted by molar-refractivity contribution is 0.183. The van der Waals surface area contributed by atoms with Crippen LogP contribution < -0.4 is 15.9 Å². The predicted octanol–water partition coefficient (Wildman–Crippen LogP) is 4.77. The van der Waals surface area contributed by atoms with E-state index < -0.39 is 0 Å². The summed E-state index contributed by atoms with van der Waals surface area (Å²) < 4.78 is 8.74. The van der Waals surface area contributed by atoms with E-state index in [2.05, 4.69) is 18.8 Å². The largest absolute Gasteiger partial charge is 0.497 e. The van der Waals surface area contributed by atoms with Gasteiger partial charge >= 0.3 is 0 Å². The zero-order valence-electron chi connectivity index (χ0n) is 19.3. The van der Waals surface area contributed by atoms with E-state index in [0.717, 1.165) is 24.2 Å². The number of rotatable bonds is 4. The molecule has 0 unspecified atom stereocenters. The molecule has 0 amide bonds. The van der Waals surface area contributed by atoms with Gasteiger partial charge in [0.15, 0.2) is 0 Å². The second-order valence-corrected chi connectivity index (χ2v) is 9.31. The molecule has 0 aliphatic heterocycles. The van der Waals surface area contributed by atoms with E-state index in [1.54, 1.807) is 23.9 Å². The Balaban J connectivity index is 1.58. The average Bonchev–Trinajstić information content (AvgIpc) is 2.83. The van der Waals surface area contributed by atoms with Gasteiger partial charge in [0.05, 0.1) is 35.5 Å². The fourth-order valence-corrected chi connectivity index (χ4v) is 5.14. The molecule has 0 N–H and O–H groups in total. The normalized spacial score (nSPS) is 20.9. The lowest BCUT2D eigenvalue weighted by atomic mass is 9.78. The van der Waals surface area contributed by atoms with E-state index >= 15 is 0 Å². The van der Waals surface area contributed by atoms with Crippen molar-refractivity contribution < 1.29 is 4.74 Å². The molecule has 0 radical (unpaired) electrons. The lowest BCUT2D eigenvalue weighted by Crippen LogP contribution is -2.33. The smallest absolute Gasteiger partial charge is 0.260 e. The van der Waals surface area contributed by atoms with Crippen LogP contribution in [0.2, 0.25) is 0 Å². The minimum absolute atomic E-state index is 0.0576. The summed E-state index contributed by atoms with van der Waals surface area (Å²) in [4.78, 5) is 31.4. The minimum atomic E-state index is -0.146. The summed E-state index contributed by atoms with van der Waals surface area (Å²) in [5, 5.41) is 0.980. The predicted molar refractivity (Wildman–Crippen MR) is 131 cm³/mol. The SMILES string of the molecule is COc1ccc(Cn2ccc3nc4ccn([C@@H]5CCC[C@@H](C)[C@H]5C)c(=O)c4cc3c2=O)cc1. The van der Waals surface area contributed by atoms with Crippen LogP contribution in [0.25, 0.3) is 21.8 Å². The highest BCUT2D eigenvalue weighted by atomic mass is 16.5. The number of benzene rings is 1. The number of nitrogens with zero attached hydrogens (tertiary/aromatic N) is 3. The summed E-state index contributed by atoms with van der Waals surface area (Å²) in [5.41, 5.74) is 2.03. The minimum Gasteiger partial charge on any atom is -0.497 e.